The lowest BCUT2D eigenvalue weighted by atomic mass is 10.6. The molecule has 11 heteroatoms. The zero-order valence-electron chi connectivity index (χ0n) is 11.0. The molecule has 0 unspecified atom stereocenters. The Morgan fingerprint density at radius 3 is 2.17 bits per heavy atom. The Bertz CT molecular complexity index is 994. The summed E-state index contributed by atoms with van der Waals surface area (Å²) in [6.45, 7) is 0. The van der Waals surface area contributed by atoms with E-state index < -0.39 is 0 Å². The van der Waals surface area contributed by atoms with Crippen LogP contribution in [0.3, 0.4) is 0 Å². The lowest BCUT2D eigenvalue weighted by Crippen LogP contribution is -1.92. The largest absolute Gasteiger partial charge is 0.235 e. The topological polar surface area (TPSA) is 60.4 Å². The van der Waals surface area contributed by atoms with Crippen molar-refractivity contribution in [2.45, 2.75) is 0 Å². The van der Waals surface area contributed by atoms with Crippen molar-refractivity contribution in [1.82, 2.24) is 29.2 Å². The van der Waals surface area contributed by atoms with Gasteiger partial charge in [0.1, 0.15) is 13.8 Å². The molecule has 4 aromatic rings. The maximum absolute atomic E-state index is 4.19. The van der Waals surface area contributed by atoms with Gasteiger partial charge in [-0.1, -0.05) is 0 Å². The molecule has 0 radical (unpaired) electrons. The van der Waals surface area contributed by atoms with Crippen molar-refractivity contribution >= 4 is 90.9 Å². The van der Waals surface area contributed by atoms with Gasteiger partial charge in [-0.15, -0.1) is 0 Å². The van der Waals surface area contributed by atoms with Crippen molar-refractivity contribution in [2.24, 2.45) is 0 Å². The molecule has 0 spiro atoms. The van der Waals surface area contributed by atoms with Gasteiger partial charge in [-0.05, 0) is 91.8 Å². The molecule has 0 fully saturated rings. The van der Waals surface area contributed by atoms with Gasteiger partial charge in [0.25, 0.3) is 0 Å². The smallest absolute Gasteiger partial charge is 0.169 e. The molecular weight excluding hydrogens is 628 g/mol. The molecule has 4 aromatic heterocycles. The van der Waals surface area contributed by atoms with Gasteiger partial charge in [0, 0.05) is 12.4 Å². The molecular formula is C12H5Br5N6. The third-order valence-electron chi connectivity index (χ3n) is 2.64. The fraction of sp³-hybridized carbons (Fsp3) is 0. The highest BCUT2D eigenvalue weighted by Gasteiger charge is 2.06. The van der Waals surface area contributed by atoms with Gasteiger partial charge < -0.3 is 0 Å². The highest BCUT2D eigenvalue weighted by atomic mass is 79.9. The van der Waals surface area contributed by atoms with Gasteiger partial charge in [0.2, 0.25) is 0 Å². The predicted octanol–water partition coefficient (Wildman–Crippen LogP) is 5.27. The van der Waals surface area contributed by atoms with Gasteiger partial charge in [0.15, 0.2) is 11.3 Å². The molecule has 0 aliphatic heterocycles. The maximum Gasteiger partial charge on any atom is 0.169 e. The van der Waals surface area contributed by atoms with E-state index in [2.05, 4.69) is 99.8 Å². The van der Waals surface area contributed by atoms with E-state index in [0.717, 1.165) is 34.0 Å². The van der Waals surface area contributed by atoms with Crippen LogP contribution in [0, 0.1) is 0 Å². The van der Waals surface area contributed by atoms with Crippen LogP contribution in [0.15, 0.2) is 53.5 Å². The molecule has 0 aliphatic rings. The zero-order chi connectivity index (χ0) is 16.6. The number of hydrogen-bond donors (Lipinski definition) is 0. The highest BCUT2D eigenvalue weighted by Crippen LogP contribution is 2.22. The van der Waals surface area contributed by atoms with E-state index in [1.165, 1.54) is 0 Å². The van der Waals surface area contributed by atoms with Crippen molar-refractivity contribution in [3.63, 3.8) is 0 Å². The van der Waals surface area contributed by atoms with Crippen LogP contribution in [-0.2, 0) is 0 Å². The third kappa shape index (κ3) is 3.84. The number of hydrogen-bond acceptors (Lipinski definition) is 4. The molecule has 0 saturated carbocycles. The number of halogens is 5. The molecule has 23 heavy (non-hydrogen) atoms. The van der Waals surface area contributed by atoms with Crippen molar-refractivity contribution in [2.75, 3.05) is 0 Å². The minimum Gasteiger partial charge on any atom is -0.235 e. The molecule has 6 nitrogen and oxygen atoms in total. The van der Waals surface area contributed by atoms with Crippen LogP contribution >= 0.6 is 79.6 Å². The molecule has 118 valence electrons. The van der Waals surface area contributed by atoms with Crippen molar-refractivity contribution in [1.29, 1.82) is 0 Å². The standard InChI is InChI=1S/C6H2Br3N3.C6H3Br2N3/c7-3-1-4(8)11-12-5(9)2-10-6(3)12;7-4-3-5(8)10-11-2-1-9-6(4)11/h1-2H;1-3H. The second-order valence-corrected chi connectivity index (χ2v) is 8.29. The molecule has 4 heterocycles. The van der Waals surface area contributed by atoms with E-state index >= 15 is 0 Å². The highest BCUT2D eigenvalue weighted by molar-refractivity contribution is 9.11. The Morgan fingerprint density at radius 1 is 0.783 bits per heavy atom. The fourth-order valence-electron chi connectivity index (χ4n) is 1.73. The third-order valence-corrected chi connectivity index (χ3v) is 5.12. The molecule has 0 atom stereocenters. The second kappa shape index (κ2) is 7.26. The first-order chi connectivity index (χ1) is 11.0. The maximum atomic E-state index is 4.19. The van der Waals surface area contributed by atoms with E-state index in [9.17, 15) is 0 Å². The SMILES string of the molecule is Brc1cc(Br)c2ncc(Br)n2n1.Brc1cc(Br)c2nccn2n1. The summed E-state index contributed by atoms with van der Waals surface area (Å²) < 4.78 is 7.64. The summed E-state index contributed by atoms with van der Waals surface area (Å²) in [4.78, 5) is 8.24. The van der Waals surface area contributed by atoms with E-state index in [-0.39, 0.29) is 0 Å². The van der Waals surface area contributed by atoms with Gasteiger partial charge in [-0.25, -0.2) is 19.0 Å². The summed E-state index contributed by atoms with van der Waals surface area (Å²) in [5.41, 5.74) is 1.62. The van der Waals surface area contributed by atoms with Gasteiger partial charge in [0.05, 0.1) is 15.1 Å². The summed E-state index contributed by atoms with van der Waals surface area (Å²) in [7, 11) is 0. The summed E-state index contributed by atoms with van der Waals surface area (Å²) in [5, 5.41) is 8.33. The van der Waals surface area contributed by atoms with Gasteiger partial charge >= 0.3 is 0 Å². The van der Waals surface area contributed by atoms with Crippen LogP contribution in [0.4, 0.5) is 0 Å². The van der Waals surface area contributed by atoms with Crippen molar-refractivity contribution in [3.8, 4) is 0 Å². The zero-order valence-corrected chi connectivity index (χ0v) is 18.9. The molecule has 0 aromatic carbocycles. The number of imidazole rings is 2. The van der Waals surface area contributed by atoms with Crippen LogP contribution in [0.25, 0.3) is 11.3 Å². The molecule has 0 N–H and O–H groups in total. The molecule has 0 amide bonds. The van der Waals surface area contributed by atoms with E-state index in [1.807, 2.05) is 12.1 Å². The molecule has 0 saturated heterocycles. The first-order valence-corrected chi connectivity index (χ1v) is 9.93. The average Bonchev–Trinajstić information content (AvgIpc) is 3.07. The van der Waals surface area contributed by atoms with Crippen LogP contribution in [0.5, 0.6) is 0 Å². The van der Waals surface area contributed by atoms with Crippen LogP contribution in [0.2, 0.25) is 0 Å². The number of nitrogens with zero attached hydrogens (tertiary/aromatic N) is 6. The Kier molecular flexibility index (Phi) is 5.51. The minimum atomic E-state index is 0.764. The lowest BCUT2D eigenvalue weighted by Gasteiger charge is -1.96. The Morgan fingerprint density at radius 2 is 1.43 bits per heavy atom. The fourth-order valence-corrected chi connectivity index (χ4v) is 4.47. The summed E-state index contributed by atoms with van der Waals surface area (Å²) in [6.07, 6.45) is 5.21. The van der Waals surface area contributed by atoms with E-state index in [1.54, 1.807) is 27.6 Å². The number of aromatic nitrogens is 6. The second-order valence-electron chi connectivity index (χ2n) is 4.14. The summed E-state index contributed by atoms with van der Waals surface area (Å²) in [6, 6.07) is 3.72. The first kappa shape index (κ1) is 17.5. The Balaban J connectivity index is 0.000000136. The lowest BCUT2D eigenvalue weighted by molar-refractivity contribution is 0.893. The Labute approximate surface area is 172 Å². The Hall–Kier alpha value is -0.360. The molecule has 0 bridgehead atoms. The number of fused-ring (bicyclic) bond motifs is 2. The van der Waals surface area contributed by atoms with Crippen molar-refractivity contribution < 1.29 is 0 Å². The molecule has 4 rings (SSSR count). The van der Waals surface area contributed by atoms with Gasteiger partial charge in [-0.2, -0.15) is 10.2 Å². The van der Waals surface area contributed by atoms with Crippen LogP contribution < -0.4 is 0 Å². The van der Waals surface area contributed by atoms with Crippen molar-refractivity contribution in [3.05, 3.63) is 53.5 Å². The van der Waals surface area contributed by atoms with Crippen LogP contribution in [0.1, 0.15) is 0 Å². The normalized spacial score (nSPS) is 10.8. The number of rotatable bonds is 0. The van der Waals surface area contributed by atoms with E-state index in [0.29, 0.717) is 0 Å². The van der Waals surface area contributed by atoms with Crippen LogP contribution in [-0.4, -0.2) is 29.2 Å². The average molecular weight is 633 g/mol. The first-order valence-electron chi connectivity index (χ1n) is 5.96. The quantitative estimate of drug-likeness (QED) is 0.265. The molecule has 0 aliphatic carbocycles. The van der Waals surface area contributed by atoms with Gasteiger partial charge in [-0.3, -0.25) is 0 Å². The monoisotopic (exact) mass is 628 g/mol. The minimum absolute atomic E-state index is 0.764. The summed E-state index contributed by atoms with van der Waals surface area (Å²) >= 11 is 16.7. The van der Waals surface area contributed by atoms with E-state index in [4.69, 9.17) is 0 Å². The predicted molar refractivity (Wildman–Crippen MR) is 104 cm³/mol. The summed E-state index contributed by atoms with van der Waals surface area (Å²) in [5.74, 6) is 0.